The Hall–Kier alpha value is -3.46. The van der Waals surface area contributed by atoms with E-state index in [2.05, 4.69) is 5.32 Å². The summed E-state index contributed by atoms with van der Waals surface area (Å²) in [5.74, 6) is -2.67. The summed E-state index contributed by atoms with van der Waals surface area (Å²) >= 11 is 0. The molecule has 0 saturated carbocycles. The topological polar surface area (TPSA) is 107 Å². The SMILES string of the molecule is Cc1ccc(C[C@@H](NC(=O)c2ccc(C#N)cc2)C(=O)C[C@H](C)C(=O)O)cc1. The Morgan fingerprint density at radius 1 is 1.07 bits per heavy atom. The fourth-order valence-electron chi connectivity index (χ4n) is 2.67. The lowest BCUT2D eigenvalue weighted by Gasteiger charge is -2.19. The van der Waals surface area contributed by atoms with Gasteiger partial charge in [0.2, 0.25) is 0 Å². The van der Waals surface area contributed by atoms with Gasteiger partial charge in [0, 0.05) is 12.0 Å². The van der Waals surface area contributed by atoms with E-state index >= 15 is 0 Å². The Morgan fingerprint density at radius 2 is 1.68 bits per heavy atom. The Morgan fingerprint density at radius 3 is 2.21 bits per heavy atom. The first kappa shape index (κ1) is 20.8. The van der Waals surface area contributed by atoms with Crippen molar-refractivity contribution in [2.75, 3.05) is 0 Å². The molecular formula is C22H22N2O4. The number of carbonyl (C=O) groups excluding carboxylic acids is 2. The number of carboxylic acid groups (broad SMARTS) is 1. The number of Topliss-reactive ketones (excluding diaryl/α,β-unsaturated/α-hetero) is 1. The van der Waals surface area contributed by atoms with Gasteiger partial charge in [-0.1, -0.05) is 36.8 Å². The average Bonchev–Trinajstić information content (AvgIpc) is 2.68. The minimum Gasteiger partial charge on any atom is -0.481 e. The number of aliphatic carboxylic acids is 1. The van der Waals surface area contributed by atoms with Crippen molar-refractivity contribution < 1.29 is 19.5 Å². The van der Waals surface area contributed by atoms with E-state index in [0.717, 1.165) is 11.1 Å². The molecule has 144 valence electrons. The predicted molar refractivity (Wildman–Crippen MR) is 104 cm³/mol. The number of hydrogen-bond donors (Lipinski definition) is 2. The van der Waals surface area contributed by atoms with Gasteiger partial charge in [-0.25, -0.2) is 0 Å². The molecule has 0 aliphatic heterocycles. The van der Waals surface area contributed by atoms with Crippen LogP contribution in [0.1, 0.15) is 40.4 Å². The van der Waals surface area contributed by atoms with Crippen molar-refractivity contribution in [3.63, 3.8) is 0 Å². The summed E-state index contributed by atoms with van der Waals surface area (Å²) in [6.45, 7) is 3.42. The number of aryl methyl sites for hydroxylation is 1. The van der Waals surface area contributed by atoms with Crippen LogP contribution in [0.4, 0.5) is 0 Å². The quantitative estimate of drug-likeness (QED) is 0.734. The number of nitrogens with one attached hydrogen (secondary N) is 1. The highest BCUT2D eigenvalue weighted by Gasteiger charge is 2.25. The molecule has 2 aromatic rings. The third-order valence-corrected chi connectivity index (χ3v) is 4.46. The number of carbonyl (C=O) groups is 3. The average molecular weight is 378 g/mol. The zero-order chi connectivity index (χ0) is 20.7. The number of ketones is 1. The first-order chi connectivity index (χ1) is 13.3. The molecule has 0 aliphatic rings. The van der Waals surface area contributed by atoms with Gasteiger partial charge < -0.3 is 10.4 Å². The van der Waals surface area contributed by atoms with Crippen molar-refractivity contribution in [3.05, 3.63) is 70.8 Å². The van der Waals surface area contributed by atoms with Gasteiger partial charge in [-0.3, -0.25) is 14.4 Å². The van der Waals surface area contributed by atoms with Gasteiger partial charge in [-0.15, -0.1) is 0 Å². The highest BCUT2D eigenvalue weighted by Crippen LogP contribution is 2.12. The maximum absolute atomic E-state index is 12.7. The summed E-state index contributed by atoms with van der Waals surface area (Å²) in [5.41, 5.74) is 2.70. The summed E-state index contributed by atoms with van der Waals surface area (Å²) in [4.78, 5) is 36.3. The fraction of sp³-hybridized carbons (Fsp3) is 0.273. The lowest BCUT2D eigenvalue weighted by molar-refractivity contribution is -0.143. The van der Waals surface area contributed by atoms with Crippen LogP contribution in [-0.2, 0) is 16.0 Å². The Kier molecular flexibility index (Phi) is 7.05. The van der Waals surface area contributed by atoms with Crippen molar-refractivity contribution >= 4 is 17.7 Å². The van der Waals surface area contributed by atoms with E-state index in [1.54, 1.807) is 0 Å². The number of carboxylic acids is 1. The molecule has 0 aromatic heterocycles. The lowest BCUT2D eigenvalue weighted by Crippen LogP contribution is -2.43. The summed E-state index contributed by atoms with van der Waals surface area (Å²) in [7, 11) is 0. The second-order valence-electron chi connectivity index (χ2n) is 6.81. The second-order valence-corrected chi connectivity index (χ2v) is 6.81. The molecule has 2 atom stereocenters. The first-order valence-electron chi connectivity index (χ1n) is 8.92. The molecular weight excluding hydrogens is 356 g/mol. The van der Waals surface area contributed by atoms with E-state index in [1.165, 1.54) is 31.2 Å². The van der Waals surface area contributed by atoms with E-state index in [1.807, 2.05) is 37.3 Å². The van der Waals surface area contributed by atoms with Crippen LogP contribution in [0, 0.1) is 24.2 Å². The number of amides is 1. The zero-order valence-corrected chi connectivity index (χ0v) is 15.8. The number of nitrogens with zero attached hydrogens (tertiary/aromatic N) is 1. The van der Waals surface area contributed by atoms with Crippen LogP contribution < -0.4 is 5.32 Å². The molecule has 0 aliphatic carbocycles. The van der Waals surface area contributed by atoms with Gasteiger partial charge in [0.25, 0.3) is 5.91 Å². The van der Waals surface area contributed by atoms with Crippen LogP contribution in [0.3, 0.4) is 0 Å². The van der Waals surface area contributed by atoms with Crippen LogP contribution >= 0.6 is 0 Å². The van der Waals surface area contributed by atoms with Gasteiger partial charge in [-0.05, 0) is 43.2 Å². The lowest BCUT2D eigenvalue weighted by atomic mass is 9.95. The molecule has 0 heterocycles. The molecule has 0 radical (unpaired) electrons. The number of benzene rings is 2. The largest absolute Gasteiger partial charge is 0.481 e. The van der Waals surface area contributed by atoms with E-state index in [-0.39, 0.29) is 18.6 Å². The fourth-order valence-corrected chi connectivity index (χ4v) is 2.67. The van der Waals surface area contributed by atoms with Crippen molar-refractivity contribution in [2.45, 2.75) is 32.7 Å². The molecule has 2 aromatic carbocycles. The molecule has 0 saturated heterocycles. The first-order valence-corrected chi connectivity index (χ1v) is 8.92. The Labute approximate surface area is 163 Å². The van der Waals surface area contributed by atoms with Crippen molar-refractivity contribution in [1.29, 1.82) is 5.26 Å². The van der Waals surface area contributed by atoms with Crippen molar-refractivity contribution in [3.8, 4) is 6.07 Å². The number of rotatable bonds is 8. The van der Waals surface area contributed by atoms with Gasteiger partial charge in [0.05, 0.1) is 23.6 Å². The van der Waals surface area contributed by atoms with E-state index < -0.39 is 23.8 Å². The molecule has 2 N–H and O–H groups in total. The minimum absolute atomic E-state index is 0.167. The molecule has 0 fully saturated rings. The molecule has 0 bridgehead atoms. The maximum atomic E-state index is 12.7. The Balaban J connectivity index is 2.19. The minimum atomic E-state index is -1.05. The van der Waals surface area contributed by atoms with Gasteiger partial charge >= 0.3 is 5.97 Å². The van der Waals surface area contributed by atoms with Crippen molar-refractivity contribution in [2.24, 2.45) is 5.92 Å². The monoisotopic (exact) mass is 378 g/mol. The molecule has 28 heavy (non-hydrogen) atoms. The molecule has 2 rings (SSSR count). The van der Waals surface area contributed by atoms with E-state index in [9.17, 15) is 14.4 Å². The number of nitriles is 1. The third-order valence-electron chi connectivity index (χ3n) is 4.46. The van der Waals surface area contributed by atoms with E-state index in [4.69, 9.17) is 10.4 Å². The Bertz CT molecular complexity index is 896. The van der Waals surface area contributed by atoms with E-state index in [0.29, 0.717) is 11.1 Å². The molecule has 6 nitrogen and oxygen atoms in total. The van der Waals surface area contributed by atoms with Crippen LogP contribution in [0.5, 0.6) is 0 Å². The predicted octanol–water partition coefficient (Wildman–Crippen LogP) is 2.89. The highest BCUT2D eigenvalue weighted by atomic mass is 16.4. The zero-order valence-electron chi connectivity index (χ0n) is 15.8. The van der Waals surface area contributed by atoms with Crippen LogP contribution in [0.25, 0.3) is 0 Å². The van der Waals surface area contributed by atoms with Gasteiger partial charge in [0.1, 0.15) is 0 Å². The molecule has 0 spiro atoms. The number of hydrogen-bond acceptors (Lipinski definition) is 4. The summed E-state index contributed by atoms with van der Waals surface area (Å²) in [6, 6.07) is 14.8. The maximum Gasteiger partial charge on any atom is 0.306 e. The van der Waals surface area contributed by atoms with Gasteiger partial charge in [-0.2, -0.15) is 5.26 Å². The molecule has 1 amide bonds. The normalized spacial score (nSPS) is 12.5. The van der Waals surface area contributed by atoms with Crippen LogP contribution in [0.2, 0.25) is 0 Å². The van der Waals surface area contributed by atoms with Crippen LogP contribution in [-0.4, -0.2) is 28.8 Å². The molecule has 6 heteroatoms. The summed E-state index contributed by atoms with van der Waals surface area (Å²) in [5, 5.41) is 20.6. The second kappa shape index (κ2) is 9.47. The highest BCUT2D eigenvalue weighted by molar-refractivity contribution is 5.98. The third kappa shape index (κ3) is 5.78. The van der Waals surface area contributed by atoms with Gasteiger partial charge in [0.15, 0.2) is 5.78 Å². The molecule has 0 unspecified atom stereocenters. The standard InChI is InChI=1S/C22H22N2O4/c1-14-3-5-16(6-4-14)12-19(20(25)11-15(2)22(27)28)24-21(26)18-9-7-17(13-23)8-10-18/h3-10,15,19H,11-12H2,1-2H3,(H,24,26)(H,27,28)/t15-,19+/m0/s1. The summed E-state index contributed by atoms with van der Waals surface area (Å²) in [6.07, 6.45) is 0.104. The van der Waals surface area contributed by atoms with Crippen molar-refractivity contribution in [1.82, 2.24) is 5.32 Å². The van der Waals surface area contributed by atoms with Crippen LogP contribution in [0.15, 0.2) is 48.5 Å². The summed E-state index contributed by atoms with van der Waals surface area (Å²) < 4.78 is 0. The smallest absolute Gasteiger partial charge is 0.306 e.